The summed E-state index contributed by atoms with van der Waals surface area (Å²) in [4.78, 5) is 16.1. The fourth-order valence-electron chi connectivity index (χ4n) is 1.99. The van der Waals surface area contributed by atoms with Gasteiger partial charge in [0.15, 0.2) is 5.69 Å². The maximum absolute atomic E-state index is 12.0. The topological polar surface area (TPSA) is 141 Å². The predicted octanol–water partition coefficient (Wildman–Crippen LogP) is 0.704. The summed E-state index contributed by atoms with van der Waals surface area (Å²) in [6.45, 7) is 2.27. The average molecular weight is 352 g/mol. The van der Waals surface area contributed by atoms with Gasteiger partial charge >= 0.3 is 0 Å². The molecule has 8 nitrogen and oxygen atoms in total. The van der Waals surface area contributed by atoms with Crippen molar-refractivity contribution in [3.63, 3.8) is 0 Å². The van der Waals surface area contributed by atoms with Gasteiger partial charge in [-0.05, 0) is 30.5 Å². The second kappa shape index (κ2) is 7.56. The van der Waals surface area contributed by atoms with Gasteiger partial charge < -0.3 is 15.5 Å². The summed E-state index contributed by atoms with van der Waals surface area (Å²) in [6.07, 6.45) is 2.48. The maximum atomic E-state index is 12.0. The van der Waals surface area contributed by atoms with Gasteiger partial charge in [-0.15, -0.1) is 0 Å². The minimum Gasteiger partial charge on any atom is -0.446 e. The third-order valence-electron chi connectivity index (χ3n) is 3.46. The van der Waals surface area contributed by atoms with Gasteiger partial charge in [-0.25, -0.2) is 18.5 Å². The number of aromatic nitrogens is 1. The summed E-state index contributed by atoms with van der Waals surface area (Å²) < 4.78 is 27.5. The van der Waals surface area contributed by atoms with E-state index in [9.17, 15) is 13.2 Å². The monoisotopic (exact) mass is 352 g/mol. The number of carbonyl (C=O) groups is 1. The van der Waals surface area contributed by atoms with Gasteiger partial charge in [-0.3, -0.25) is 4.79 Å². The minimum absolute atomic E-state index is 0.0534. The highest BCUT2D eigenvalue weighted by Gasteiger charge is 2.15. The first-order chi connectivity index (χ1) is 11.3. The van der Waals surface area contributed by atoms with Crippen molar-refractivity contribution >= 4 is 15.9 Å². The molecule has 24 heavy (non-hydrogen) atoms. The van der Waals surface area contributed by atoms with Crippen molar-refractivity contribution in [1.29, 1.82) is 0 Å². The van der Waals surface area contributed by atoms with Gasteiger partial charge in [0.05, 0.1) is 10.9 Å². The molecule has 5 N–H and O–H groups in total. The molecule has 0 saturated carbocycles. The first-order valence-electron chi connectivity index (χ1n) is 7.42. The van der Waals surface area contributed by atoms with Crippen molar-refractivity contribution in [1.82, 2.24) is 10.3 Å². The van der Waals surface area contributed by atoms with Crippen molar-refractivity contribution in [2.24, 2.45) is 10.9 Å². The van der Waals surface area contributed by atoms with Crippen LogP contribution in [0, 0.1) is 0 Å². The lowest BCUT2D eigenvalue weighted by Crippen LogP contribution is -2.26. The predicted molar refractivity (Wildman–Crippen MR) is 87.6 cm³/mol. The molecule has 0 fully saturated rings. The molecule has 0 bridgehead atoms. The highest BCUT2D eigenvalue weighted by atomic mass is 32.2. The van der Waals surface area contributed by atoms with Gasteiger partial charge in [0.25, 0.3) is 5.91 Å². The van der Waals surface area contributed by atoms with E-state index < -0.39 is 10.0 Å². The molecule has 0 saturated heterocycles. The van der Waals surface area contributed by atoms with Crippen LogP contribution in [-0.2, 0) is 16.4 Å². The van der Waals surface area contributed by atoms with Crippen LogP contribution in [0.3, 0.4) is 0 Å². The fourth-order valence-corrected chi connectivity index (χ4v) is 2.51. The molecule has 0 aliphatic rings. The molecule has 0 aliphatic carbocycles. The molecule has 1 amide bonds. The lowest BCUT2D eigenvalue weighted by atomic mass is 10.1. The largest absolute Gasteiger partial charge is 0.446 e. The van der Waals surface area contributed by atoms with Crippen LogP contribution in [0.5, 0.6) is 0 Å². The minimum atomic E-state index is -3.70. The smallest absolute Gasteiger partial charge is 0.273 e. The summed E-state index contributed by atoms with van der Waals surface area (Å²) in [5.74, 6) is -0.0179. The molecule has 1 aromatic heterocycles. The second-order valence-electron chi connectivity index (χ2n) is 5.28. The fraction of sp³-hybridized carbons (Fsp3) is 0.333. The summed E-state index contributed by atoms with van der Waals surface area (Å²) in [5, 5.41) is 7.75. The van der Waals surface area contributed by atoms with E-state index in [1.54, 1.807) is 12.1 Å². The number of primary sulfonamides is 1. The Morgan fingerprint density at radius 1 is 1.33 bits per heavy atom. The number of benzene rings is 1. The molecule has 0 radical (unpaired) electrons. The van der Waals surface area contributed by atoms with Crippen LogP contribution < -0.4 is 16.2 Å². The SMILES string of the molecule is CCC(N)c1nc(C(=O)NCCc2ccc(S(N)(=O)=O)cc2)co1. The molecule has 0 spiro atoms. The van der Waals surface area contributed by atoms with E-state index >= 15 is 0 Å². The van der Waals surface area contributed by atoms with Crippen molar-refractivity contribution < 1.29 is 17.6 Å². The Labute approximate surface area is 140 Å². The Kier molecular flexibility index (Phi) is 5.71. The zero-order valence-corrected chi connectivity index (χ0v) is 14.0. The van der Waals surface area contributed by atoms with Gasteiger partial charge in [-0.1, -0.05) is 19.1 Å². The van der Waals surface area contributed by atoms with E-state index in [-0.39, 0.29) is 22.5 Å². The third kappa shape index (κ3) is 4.63. The van der Waals surface area contributed by atoms with E-state index in [1.807, 2.05) is 6.92 Å². The molecular weight excluding hydrogens is 332 g/mol. The summed E-state index contributed by atoms with van der Waals surface area (Å²) >= 11 is 0. The molecule has 0 aliphatic heterocycles. The van der Waals surface area contributed by atoms with Crippen molar-refractivity contribution in [2.75, 3.05) is 6.54 Å². The van der Waals surface area contributed by atoms with E-state index in [0.29, 0.717) is 25.3 Å². The lowest BCUT2D eigenvalue weighted by Gasteiger charge is -2.04. The number of sulfonamides is 1. The highest BCUT2D eigenvalue weighted by Crippen LogP contribution is 2.13. The van der Waals surface area contributed by atoms with Crippen LogP contribution in [0.25, 0.3) is 0 Å². The number of oxazole rings is 1. The molecule has 130 valence electrons. The zero-order chi connectivity index (χ0) is 17.7. The second-order valence-corrected chi connectivity index (χ2v) is 6.84. The van der Waals surface area contributed by atoms with E-state index in [1.165, 1.54) is 18.4 Å². The van der Waals surface area contributed by atoms with Gasteiger partial charge in [0.1, 0.15) is 6.26 Å². The molecule has 9 heteroatoms. The van der Waals surface area contributed by atoms with Crippen LogP contribution in [0.4, 0.5) is 0 Å². The Bertz CT molecular complexity index is 799. The van der Waals surface area contributed by atoms with E-state index in [4.69, 9.17) is 15.3 Å². The molecule has 1 heterocycles. The first-order valence-corrected chi connectivity index (χ1v) is 8.97. The van der Waals surface area contributed by atoms with E-state index in [0.717, 1.165) is 5.56 Å². The number of rotatable bonds is 7. The standard InChI is InChI=1S/C15H20N4O4S/c1-2-12(16)15-19-13(9-23-15)14(20)18-8-7-10-3-5-11(6-4-10)24(17,21)22/h3-6,9,12H,2,7-8,16H2,1H3,(H,18,20)(H2,17,21,22). The Morgan fingerprint density at radius 3 is 2.58 bits per heavy atom. The lowest BCUT2D eigenvalue weighted by molar-refractivity contribution is 0.0949. The third-order valence-corrected chi connectivity index (χ3v) is 4.39. The van der Waals surface area contributed by atoms with Crippen LogP contribution >= 0.6 is 0 Å². The maximum Gasteiger partial charge on any atom is 0.273 e. The normalized spacial score (nSPS) is 12.8. The summed E-state index contributed by atoms with van der Waals surface area (Å²) in [7, 11) is -3.70. The molecule has 1 atom stereocenters. The van der Waals surface area contributed by atoms with Gasteiger partial charge in [-0.2, -0.15) is 0 Å². The van der Waals surface area contributed by atoms with Crippen LogP contribution in [0.1, 0.15) is 41.3 Å². The Hall–Kier alpha value is -2.23. The zero-order valence-electron chi connectivity index (χ0n) is 13.2. The molecular formula is C15H20N4O4S. The number of nitrogens with zero attached hydrogens (tertiary/aromatic N) is 1. The van der Waals surface area contributed by atoms with E-state index in [2.05, 4.69) is 10.3 Å². The number of nitrogens with one attached hydrogen (secondary N) is 1. The number of amides is 1. The van der Waals surface area contributed by atoms with Gasteiger partial charge in [0, 0.05) is 6.54 Å². The Morgan fingerprint density at radius 2 is 2.00 bits per heavy atom. The first kappa shape index (κ1) is 18.1. The van der Waals surface area contributed by atoms with Crippen LogP contribution in [0.15, 0.2) is 39.8 Å². The molecule has 1 aromatic carbocycles. The molecule has 2 rings (SSSR count). The number of hydrogen-bond acceptors (Lipinski definition) is 6. The number of nitrogens with two attached hydrogens (primary N) is 2. The van der Waals surface area contributed by atoms with Gasteiger partial charge in [0.2, 0.25) is 15.9 Å². The van der Waals surface area contributed by atoms with Crippen molar-refractivity contribution in [2.45, 2.75) is 30.7 Å². The summed E-state index contributed by atoms with van der Waals surface area (Å²) in [6, 6.07) is 5.84. The average Bonchev–Trinajstić information content (AvgIpc) is 3.04. The number of carbonyl (C=O) groups excluding carboxylic acids is 1. The van der Waals surface area contributed by atoms with Crippen LogP contribution in [-0.4, -0.2) is 25.9 Å². The number of hydrogen-bond donors (Lipinski definition) is 3. The van der Waals surface area contributed by atoms with Crippen LogP contribution in [0.2, 0.25) is 0 Å². The van der Waals surface area contributed by atoms with Crippen molar-refractivity contribution in [3.05, 3.63) is 47.7 Å². The summed E-state index contributed by atoms with van der Waals surface area (Å²) in [5.41, 5.74) is 6.84. The highest BCUT2D eigenvalue weighted by molar-refractivity contribution is 7.89. The Balaban J connectivity index is 1.87. The molecule has 1 unspecified atom stereocenters. The molecule has 2 aromatic rings. The quantitative estimate of drug-likeness (QED) is 0.670. The van der Waals surface area contributed by atoms with Crippen molar-refractivity contribution in [3.8, 4) is 0 Å².